The molecule has 0 radical (unpaired) electrons. The fourth-order valence-electron chi connectivity index (χ4n) is 3.21. The summed E-state index contributed by atoms with van der Waals surface area (Å²) >= 11 is 12.2. The first-order valence-corrected chi connectivity index (χ1v) is 8.20. The van der Waals surface area contributed by atoms with E-state index in [-0.39, 0.29) is 29.1 Å². The molecule has 0 unspecified atom stereocenters. The Morgan fingerprint density at radius 3 is 2.75 bits per heavy atom. The van der Waals surface area contributed by atoms with Crippen LogP contribution >= 0.6 is 23.2 Å². The van der Waals surface area contributed by atoms with Crippen LogP contribution < -0.4 is 0 Å². The average molecular weight is 371 g/mol. The van der Waals surface area contributed by atoms with Gasteiger partial charge < -0.3 is 20.0 Å². The Kier molecular flexibility index (Phi) is 4.46. The third kappa shape index (κ3) is 2.64. The number of aliphatic hydroxyl groups is 1. The van der Waals surface area contributed by atoms with Crippen LogP contribution in [0, 0.1) is 0 Å². The number of halogens is 2. The van der Waals surface area contributed by atoms with Crippen LogP contribution in [0.2, 0.25) is 10.0 Å². The number of carbonyl (C=O) groups excluding carboxylic acids is 2. The first-order valence-electron chi connectivity index (χ1n) is 7.44. The molecule has 2 heterocycles. The maximum Gasteiger partial charge on any atom is 0.249 e. The second kappa shape index (κ2) is 6.27. The van der Waals surface area contributed by atoms with E-state index in [1.54, 1.807) is 17.9 Å². The number of nitrogens with zero attached hydrogens (tertiary/aromatic N) is 2. The summed E-state index contributed by atoms with van der Waals surface area (Å²) in [6, 6.07) is 2.32. The molecule has 2 amide bonds. The third-order valence-electron chi connectivity index (χ3n) is 4.48. The number of hydrogen-bond acceptors (Lipinski definition) is 4. The summed E-state index contributed by atoms with van der Waals surface area (Å²) in [4.78, 5) is 27.3. The first kappa shape index (κ1) is 17.1. The fraction of sp³-hybridized carbons (Fsp3) is 0.375. The number of piperazine rings is 1. The second-order valence-corrected chi connectivity index (χ2v) is 6.65. The lowest BCUT2D eigenvalue weighted by Crippen LogP contribution is -2.56. The molecule has 0 saturated carbocycles. The molecule has 0 aliphatic carbocycles. The molecule has 2 atom stereocenters. The topological polar surface area (TPSA) is 81.1 Å². The number of phenols is 1. The Morgan fingerprint density at radius 1 is 1.38 bits per heavy atom. The Morgan fingerprint density at radius 2 is 2.08 bits per heavy atom. The van der Waals surface area contributed by atoms with Crippen molar-refractivity contribution in [3.63, 3.8) is 0 Å². The number of amides is 2. The molecule has 0 aromatic heterocycles. The summed E-state index contributed by atoms with van der Waals surface area (Å²) in [7, 11) is 0. The van der Waals surface area contributed by atoms with Crippen LogP contribution in [0.4, 0.5) is 0 Å². The van der Waals surface area contributed by atoms with Gasteiger partial charge >= 0.3 is 0 Å². The largest absolute Gasteiger partial charge is 0.508 e. The van der Waals surface area contributed by atoms with Crippen LogP contribution in [0.3, 0.4) is 0 Å². The quantitative estimate of drug-likeness (QED) is 0.830. The van der Waals surface area contributed by atoms with Gasteiger partial charge in [-0.15, -0.1) is 0 Å². The van der Waals surface area contributed by atoms with Crippen molar-refractivity contribution in [3.8, 4) is 5.75 Å². The number of aliphatic hydroxyl groups excluding tert-OH is 1. The van der Waals surface area contributed by atoms with Gasteiger partial charge in [0.25, 0.3) is 0 Å². The molecule has 6 nitrogen and oxygen atoms in total. The molecule has 1 aromatic rings. The summed E-state index contributed by atoms with van der Waals surface area (Å²) in [5.74, 6) is -1.03. The minimum Gasteiger partial charge on any atom is -0.508 e. The number of phenolic OH excluding ortho intramolecular Hbond substituents is 1. The molecule has 8 heteroatoms. The van der Waals surface area contributed by atoms with Crippen LogP contribution in [-0.2, 0) is 9.59 Å². The van der Waals surface area contributed by atoms with E-state index in [1.807, 2.05) is 0 Å². The highest BCUT2D eigenvalue weighted by Crippen LogP contribution is 2.42. The van der Waals surface area contributed by atoms with E-state index in [1.165, 1.54) is 17.0 Å². The van der Waals surface area contributed by atoms with Crippen LogP contribution in [0.5, 0.6) is 5.75 Å². The van der Waals surface area contributed by atoms with E-state index in [0.29, 0.717) is 22.8 Å². The normalized spacial score (nSPS) is 23.3. The fourth-order valence-corrected chi connectivity index (χ4v) is 3.67. The maximum absolute atomic E-state index is 12.5. The van der Waals surface area contributed by atoms with Gasteiger partial charge in [0, 0.05) is 23.7 Å². The van der Waals surface area contributed by atoms with Gasteiger partial charge in [0.15, 0.2) is 0 Å². The van der Waals surface area contributed by atoms with Crippen molar-refractivity contribution in [3.05, 3.63) is 39.5 Å². The minimum atomic E-state index is -0.649. The Labute approximate surface area is 148 Å². The second-order valence-electron chi connectivity index (χ2n) is 5.86. The molecule has 2 aliphatic rings. The van der Waals surface area contributed by atoms with Gasteiger partial charge in [-0.3, -0.25) is 9.59 Å². The summed E-state index contributed by atoms with van der Waals surface area (Å²) in [6.07, 6.45) is 1.80. The third-order valence-corrected chi connectivity index (χ3v) is 5.30. The number of carbonyl (C=O) groups is 2. The van der Waals surface area contributed by atoms with E-state index in [0.717, 1.165) is 0 Å². The lowest BCUT2D eigenvalue weighted by Gasteiger charge is -2.38. The van der Waals surface area contributed by atoms with Crippen molar-refractivity contribution >= 4 is 35.0 Å². The van der Waals surface area contributed by atoms with Crippen LogP contribution in [-0.4, -0.2) is 57.6 Å². The van der Waals surface area contributed by atoms with Crippen molar-refractivity contribution in [2.75, 3.05) is 19.7 Å². The molecule has 3 rings (SSSR count). The van der Waals surface area contributed by atoms with Crippen molar-refractivity contribution in [2.45, 2.75) is 18.9 Å². The molecule has 1 saturated heterocycles. The number of hydrogen-bond donors (Lipinski definition) is 2. The van der Waals surface area contributed by atoms with E-state index >= 15 is 0 Å². The van der Waals surface area contributed by atoms with Gasteiger partial charge in [0.05, 0.1) is 16.6 Å². The van der Waals surface area contributed by atoms with Crippen LogP contribution in [0.25, 0.3) is 0 Å². The zero-order chi connectivity index (χ0) is 17.6. The lowest BCUT2D eigenvalue weighted by atomic mass is 9.99. The number of aromatic hydroxyl groups is 1. The molecular formula is C16H16Cl2N2O4. The average Bonchev–Trinajstić information content (AvgIpc) is 2.98. The molecule has 128 valence electrons. The molecule has 0 bridgehead atoms. The van der Waals surface area contributed by atoms with Crippen LogP contribution in [0.1, 0.15) is 18.4 Å². The highest BCUT2D eigenvalue weighted by atomic mass is 35.5. The van der Waals surface area contributed by atoms with Crippen molar-refractivity contribution < 1.29 is 19.8 Å². The van der Waals surface area contributed by atoms with Gasteiger partial charge in [0.1, 0.15) is 18.4 Å². The Hall–Kier alpha value is -1.76. The minimum absolute atomic E-state index is 0.00915. The predicted molar refractivity (Wildman–Crippen MR) is 88.9 cm³/mol. The van der Waals surface area contributed by atoms with E-state index in [4.69, 9.17) is 28.3 Å². The SMILES string of the molecule is C[C@H]1C(=O)N2C[C@@H](c3c(O)ccc(Cl)c3Cl)C=C2CN1C(=O)CO. The van der Waals surface area contributed by atoms with Gasteiger partial charge in [0.2, 0.25) is 11.8 Å². The van der Waals surface area contributed by atoms with Crippen LogP contribution in [0.15, 0.2) is 23.9 Å². The molecule has 2 aliphatic heterocycles. The van der Waals surface area contributed by atoms with Gasteiger partial charge in [-0.05, 0) is 19.1 Å². The highest BCUT2D eigenvalue weighted by molar-refractivity contribution is 6.42. The zero-order valence-electron chi connectivity index (χ0n) is 12.9. The smallest absolute Gasteiger partial charge is 0.249 e. The Bertz CT molecular complexity index is 750. The van der Waals surface area contributed by atoms with Crippen molar-refractivity contribution in [1.29, 1.82) is 0 Å². The predicted octanol–water partition coefficient (Wildman–Crippen LogP) is 1.73. The summed E-state index contributed by atoms with van der Waals surface area (Å²) < 4.78 is 0. The summed E-state index contributed by atoms with van der Waals surface area (Å²) in [5.41, 5.74) is 1.12. The number of rotatable bonds is 2. The van der Waals surface area contributed by atoms with E-state index in [2.05, 4.69) is 0 Å². The van der Waals surface area contributed by atoms with Gasteiger partial charge in [-0.2, -0.15) is 0 Å². The zero-order valence-corrected chi connectivity index (χ0v) is 14.4. The molecular weight excluding hydrogens is 355 g/mol. The molecule has 24 heavy (non-hydrogen) atoms. The molecule has 1 aromatic carbocycles. The molecule has 2 N–H and O–H groups in total. The standard InChI is InChI=1S/C16H16Cl2N2O4/c1-8-16(24)20-5-9(4-10(20)6-19(8)13(23)7-21)14-12(22)3-2-11(17)15(14)18/h2-4,8-9,21-22H,5-7H2,1H3/t8-,9-/m0/s1. The van der Waals surface area contributed by atoms with E-state index in [9.17, 15) is 14.7 Å². The monoisotopic (exact) mass is 370 g/mol. The van der Waals surface area contributed by atoms with Crippen molar-refractivity contribution in [1.82, 2.24) is 9.80 Å². The van der Waals surface area contributed by atoms with E-state index < -0.39 is 18.6 Å². The highest BCUT2D eigenvalue weighted by Gasteiger charge is 2.41. The lowest BCUT2D eigenvalue weighted by molar-refractivity contribution is -0.148. The maximum atomic E-state index is 12.5. The number of fused-ring (bicyclic) bond motifs is 1. The molecule has 0 spiro atoms. The van der Waals surface area contributed by atoms with Crippen molar-refractivity contribution in [2.24, 2.45) is 0 Å². The number of benzene rings is 1. The Balaban J connectivity index is 1.96. The summed E-state index contributed by atoms with van der Waals surface area (Å²) in [6.45, 7) is 1.54. The molecule has 1 fully saturated rings. The summed E-state index contributed by atoms with van der Waals surface area (Å²) in [5, 5.41) is 19.8. The first-order chi connectivity index (χ1) is 11.3. The van der Waals surface area contributed by atoms with Gasteiger partial charge in [-0.25, -0.2) is 0 Å². The van der Waals surface area contributed by atoms with Gasteiger partial charge in [-0.1, -0.05) is 29.3 Å².